The fourth-order valence-corrected chi connectivity index (χ4v) is 3.97. The van der Waals surface area contributed by atoms with Crippen LogP contribution in [0.5, 0.6) is 0 Å². The lowest BCUT2D eigenvalue weighted by Crippen LogP contribution is -2.24. The molecule has 0 saturated heterocycles. The summed E-state index contributed by atoms with van der Waals surface area (Å²) in [5, 5.41) is 3.29. The Labute approximate surface area is 174 Å². The first-order valence-electron chi connectivity index (χ1n) is 9.13. The van der Waals surface area contributed by atoms with Crippen molar-refractivity contribution < 1.29 is 18.0 Å². The lowest BCUT2D eigenvalue weighted by molar-refractivity contribution is -0.137. The Hall–Kier alpha value is -3.04. The third-order valence-electron chi connectivity index (χ3n) is 4.61. The van der Waals surface area contributed by atoms with E-state index in [2.05, 4.69) is 15.3 Å². The van der Waals surface area contributed by atoms with E-state index in [1.807, 2.05) is 18.2 Å². The maximum atomic E-state index is 12.8. The first kappa shape index (κ1) is 20.2. The molecule has 0 aliphatic carbocycles. The number of amides is 1. The second kappa shape index (κ2) is 8.00. The van der Waals surface area contributed by atoms with Crippen LogP contribution in [0.3, 0.4) is 0 Å². The lowest BCUT2D eigenvalue weighted by atomic mass is 10.0. The van der Waals surface area contributed by atoms with Crippen molar-refractivity contribution in [3.63, 3.8) is 0 Å². The van der Waals surface area contributed by atoms with Gasteiger partial charge in [0.25, 0.3) is 0 Å². The second-order valence-electron chi connectivity index (χ2n) is 6.95. The van der Waals surface area contributed by atoms with Crippen molar-refractivity contribution >= 4 is 34.3 Å². The monoisotopic (exact) mass is 430 g/mol. The highest BCUT2D eigenvalue weighted by atomic mass is 32.1. The molecule has 0 unspecified atom stereocenters. The number of benzene rings is 2. The van der Waals surface area contributed by atoms with E-state index in [4.69, 9.17) is 5.73 Å². The Kier molecular flexibility index (Phi) is 5.40. The van der Waals surface area contributed by atoms with Gasteiger partial charge in [-0.25, -0.2) is 9.98 Å². The number of carbonyl (C=O) groups is 1. The molecule has 0 bridgehead atoms. The molecule has 1 aromatic heterocycles. The van der Waals surface area contributed by atoms with Crippen molar-refractivity contribution in [2.24, 2.45) is 10.7 Å². The summed E-state index contributed by atoms with van der Waals surface area (Å²) in [4.78, 5) is 20.9. The maximum Gasteiger partial charge on any atom is 0.416 e. The zero-order valence-electron chi connectivity index (χ0n) is 15.6. The fraction of sp³-hybridized carbons (Fsp3) is 0.190. The number of nitrogens with zero attached hydrogens (tertiary/aromatic N) is 2. The van der Waals surface area contributed by atoms with E-state index < -0.39 is 17.8 Å². The molecule has 4 rings (SSSR count). The minimum atomic E-state index is -4.38. The van der Waals surface area contributed by atoms with Crippen LogP contribution in [0.25, 0.3) is 10.4 Å². The quantitative estimate of drug-likeness (QED) is 0.581. The normalized spacial score (nSPS) is 14.7. The molecule has 2 aromatic carbocycles. The molecule has 0 saturated carbocycles. The van der Waals surface area contributed by atoms with Crippen LogP contribution in [-0.2, 0) is 23.8 Å². The van der Waals surface area contributed by atoms with Crippen LogP contribution >= 0.6 is 11.3 Å². The summed E-state index contributed by atoms with van der Waals surface area (Å²) < 4.78 is 38.5. The molecule has 3 aromatic rings. The van der Waals surface area contributed by atoms with E-state index >= 15 is 0 Å². The van der Waals surface area contributed by atoms with E-state index in [-0.39, 0.29) is 12.3 Å². The predicted octanol–water partition coefficient (Wildman–Crippen LogP) is 4.60. The third kappa shape index (κ3) is 4.58. The average molecular weight is 430 g/mol. The average Bonchev–Trinajstić information content (AvgIpc) is 3.31. The molecule has 154 valence electrons. The van der Waals surface area contributed by atoms with Crippen molar-refractivity contribution in [1.82, 2.24) is 4.98 Å². The van der Waals surface area contributed by atoms with E-state index in [9.17, 15) is 18.0 Å². The Bertz CT molecular complexity index is 1120. The zero-order valence-corrected chi connectivity index (χ0v) is 16.4. The minimum Gasteiger partial charge on any atom is -0.326 e. The summed E-state index contributed by atoms with van der Waals surface area (Å²) in [5.74, 6) is -0.0218. The number of thiazole rings is 1. The van der Waals surface area contributed by atoms with Gasteiger partial charge in [-0.1, -0.05) is 35.6 Å². The Balaban J connectivity index is 1.43. The number of carbonyl (C=O) groups excluding carboxylic acids is 1. The molecule has 30 heavy (non-hydrogen) atoms. The van der Waals surface area contributed by atoms with Gasteiger partial charge in [0.15, 0.2) is 0 Å². The van der Waals surface area contributed by atoms with Crippen LogP contribution in [0.4, 0.5) is 24.0 Å². The zero-order chi connectivity index (χ0) is 21.3. The number of alkyl halides is 3. The van der Waals surface area contributed by atoms with Crippen LogP contribution in [0.2, 0.25) is 0 Å². The van der Waals surface area contributed by atoms with Gasteiger partial charge in [0, 0.05) is 24.1 Å². The summed E-state index contributed by atoms with van der Waals surface area (Å²) in [6.07, 6.45) is -0.600. The van der Waals surface area contributed by atoms with Crippen LogP contribution in [-0.4, -0.2) is 23.1 Å². The first-order valence-corrected chi connectivity index (χ1v) is 9.94. The van der Waals surface area contributed by atoms with Gasteiger partial charge in [-0.15, -0.1) is 0 Å². The predicted molar refractivity (Wildman–Crippen MR) is 111 cm³/mol. The van der Waals surface area contributed by atoms with Gasteiger partial charge in [-0.05, 0) is 41.3 Å². The molecule has 1 atom stereocenters. The summed E-state index contributed by atoms with van der Waals surface area (Å²) in [6, 6.07) is 10.3. The maximum absolute atomic E-state index is 12.8. The topological polar surface area (TPSA) is 80.4 Å². The fourth-order valence-electron chi connectivity index (χ4n) is 3.20. The number of aliphatic imine (C=N–C) groups is 1. The highest BCUT2D eigenvalue weighted by Crippen LogP contribution is 2.34. The number of nitrogens with two attached hydrogens (primary N) is 1. The standard InChI is InChI=1S/C21H17F3N4OS/c22-21(23,24)15-3-1-2-12(6-15)7-16(25)10-26-20-27-11-18(30-20)13-4-5-17-14(8-13)9-19(29)28-17/h1-6,8,10-11,16H,7,9,25H2,(H,28,29)/t16-/m0/s1. The third-order valence-corrected chi connectivity index (χ3v) is 5.56. The lowest BCUT2D eigenvalue weighted by Gasteiger charge is -2.10. The van der Waals surface area contributed by atoms with E-state index in [0.29, 0.717) is 17.1 Å². The first-order chi connectivity index (χ1) is 14.3. The molecule has 5 nitrogen and oxygen atoms in total. The molecule has 2 heterocycles. The van der Waals surface area contributed by atoms with Crippen LogP contribution in [0, 0.1) is 0 Å². The van der Waals surface area contributed by atoms with Gasteiger partial charge < -0.3 is 11.1 Å². The summed E-state index contributed by atoms with van der Waals surface area (Å²) >= 11 is 1.37. The number of fused-ring (bicyclic) bond motifs is 1. The molecule has 3 N–H and O–H groups in total. The molecule has 1 amide bonds. The van der Waals surface area contributed by atoms with E-state index in [0.717, 1.165) is 33.8 Å². The van der Waals surface area contributed by atoms with Gasteiger partial charge in [0.1, 0.15) is 0 Å². The van der Waals surface area contributed by atoms with Gasteiger partial charge in [0.05, 0.1) is 16.9 Å². The summed E-state index contributed by atoms with van der Waals surface area (Å²) in [6.45, 7) is 0. The smallest absolute Gasteiger partial charge is 0.326 e. The minimum absolute atomic E-state index is 0.0218. The molecular weight excluding hydrogens is 413 g/mol. The largest absolute Gasteiger partial charge is 0.416 e. The SMILES string of the molecule is N[C@H](C=Nc1ncc(-c2ccc3c(c2)CC(=O)N3)s1)Cc1cccc(C(F)(F)F)c1. The molecule has 1 aliphatic rings. The highest BCUT2D eigenvalue weighted by molar-refractivity contribution is 7.18. The van der Waals surface area contributed by atoms with Crippen molar-refractivity contribution in [3.05, 3.63) is 65.4 Å². The van der Waals surface area contributed by atoms with Crippen molar-refractivity contribution in [1.29, 1.82) is 0 Å². The van der Waals surface area contributed by atoms with Crippen LogP contribution in [0.1, 0.15) is 16.7 Å². The van der Waals surface area contributed by atoms with Crippen molar-refractivity contribution in [3.8, 4) is 10.4 Å². The number of hydrogen-bond donors (Lipinski definition) is 2. The number of rotatable bonds is 5. The van der Waals surface area contributed by atoms with Crippen molar-refractivity contribution in [2.45, 2.75) is 25.1 Å². The number of nitrogens with one attached hydrogen (secondary N) is 1. The molecule has 9 heteroatoms. The number of hydrogen-bond acceptors (Lipinski definition) is 5. The van der Waals surface area contributed by atoms with Crippen LogP contribution < -0.4 is 11.1 Å². The molecule has 0 radical (unpaired) electrons. The van der Waals surface area contributed by atoms with Crippen molar-refractivity contribution in [2.75, 3.05) is 5.32 Å². The van der Waals surface area contributed by atoms with Gasteiger partial charge in [0.2, 0.25) is 11.0 Å². The van der Waals surface area contributed by atoms with Crippen LogP contribution in [0.15, 0.2) is 53.7 Å². The molecule has 1 aliphatic heterocycles. The number of aromatic nitrogens is 1. The second-order valence-corrected chi connectivity index (χ2v) is 7.96. The van der Waals surface area contributed by atoms with Gasteiger partial charge >= 0.3 is 6.18 Å². The van der Waals surface area contributed by atoms with E-state index in [1.54, 1.807) is 12.3 Å². The van der Waals surface area contributed by atoms with Gasteiger partial charge in [-0.2, -0.15) is 13.2 Å². The van der Waals surface area contributed by atoms with E-state index in [1.165, 1.54) is 23.6 Å². The highest BCUT2D eigenvalue weighted by Gasteiger charge is 2.30. The Morgan fingerprint density at radius 1 is 1.27 bits per heavy atom. The number of halogens is 3. The molecular formula is C21H17F3N4OS. The number of anilines is 1. The molecule has 0 fully saturated rings. The summed E-state index contributed by atoms with van der Waals surface area (Å²) in [7, 11) is 0. The Morgan fingerprint density at radius 3 is 2.90 bits per heavy atom. The molecule has 0 spiro atoms. The summed E-state index contributed by atoms with van der Waals surface area (Å²) in [5.41, 5.74) is 8.52. The Morgan fingerprint density at radius 2 is 2.10 bits per heavy atom. The van der Waals surface area contributed by atoms with Gasteiger partial charge in [-0.3, -0.25) is 4.79 Å².